The molecule has 2 heterocycles. The first-order valence-electron chi connectivity index (χ1n) is 11.8. The molecule has 190 valence electrons. The maximum atomic E-state index is 13.4. The molecule has 0 saturated heterocycles. The average Bonchev–Trinajstić information content (AvgIpc) is 3.37. The van der Waals surface area contributed by atoms with Crippen molar-refractivity contribution in [2.24, 2.45) is 0 Å². The summed E-state index contributed by atoms with van der Waals surface area (Å²) in [5, 5.41) is 11.5. The minimum absolute atomic E-state index is 0.222. The van der Waals surface area contributed by atoms with E-state index in [1.54, 1.807) is 24.4 Å². The molecule has 10 heteroatoms. The van der Waals surface area contributed by atoms with Gasteiger partial charge in [0.1, 0.15) is 6.04 Å². The molecule has 2 aromatic heterocycles. The number of carbonyl (C=O) groups excluding carboxylic acids is 1. The van der Waals surface area contributed by atoms with Crippen molar-refractivity contribution in [3.8, 4) is 16.9 Å². The molecule has 0 radical (unpaired) electrons. The summed E-state index contributed by atoms with van der Waals surface area (Å²) in [5.74, 6) is -0.282. The molecular weight excluding hydrogens is 523 g/mol. The lowest BCUT2D eigenvalue weighted by atomic mass is 10.0. The van der Waals surface area contributed by atoms with Crippen molar-refractivity contribution >= 4 is 29.1 Å². The van der Waals surface area contributed by atoms with Crippen LogP contribution in [0.5, 0.6) is 0 Å². The monoisotopic (exact) mass is 544 g/mol. The predicted molar refractivity (Wildman–Crippen MR) is 146 cm³/mol. The molecule has 0 aliphatic heterocycles. The van der Waals surface area contributed by atoms with Crippen LogP contribution in [0.1, 0.15) is 17.2 Å². The summed E-state index contributed by atoms with van der Waals surface area (Å²) in [4.78, 5) is 31.3. The van der Waals surface area contributed by atoms with Gasteiger partial charge in [-0.05, 0) is 29.3 Å². The molecule has 1 N–H and O–H groups in total. The van der Waals surface area contributed by atoms with Gasteiger partial charge in [0.2, 0.25) is 5.91 Å². The lowest BCUT2D eigenvalue weighted by Gasteiger charge is -2.20. The van der Waals surface area contributed by atoms with Crippen LogP contribution in [-0.4, -0.2) is 30.5 Å². The molecule has 0 saturated carbocycles. The van der Waals surface area contributed by atoms with Crippen LogP contribution < -0.4 is 10.9 Å². The summed E-state index contributed by atoms with van der Waals surface area (Å²) in [6.45, 7) is 0.345. The van der Waals surface area contributed by atoms with Crippen LogP contribution in [0.4, 0.5) is 0 Å². The van der Waals surface area contributed by atoms with Gasteiger partial charge in [-0.25, -0.2) is 9.67 Å². The number of hydrogen-bond acceptors (Lipinski definition) is 5. The second kappa shape index (κ2) is 11.4. The normalized spacial score (nSPS) is 11.7. The Labute approximate surface area is 228 Å². The highest BCUT2D eigenvalue weighted by Crippen LogP contribution is 2.28. The fourth-order valence-corrected chi connectivity index (χ4v) is 4.42. The molecule has 0 fully saturated rings. The van der Waals surface area contributed by atoms with Crippen molar-refractivity contribution in [1.29, 1.82) is 0 Å². The van der Waals surface area contributed by atoms with E-state index in [1.807, 2.05) is 60.7 Å². The summed E-state index contributed by atoms with van der Waals surface area (Å²) < 4.78 is 2.84. The fourth-order valence-electron chi connectivity index (χ4n) is 4.12. The third kappa shape index (κ3) is 5.82. The molecule has 8 nitrogen and oxygen atoms in total. The van der Waals surface area contributed by atoms with Gasteiger partial charge in [-0.1, -0.05) is 89.1 Å². The average molecular weight is 545 g/mol. The fraction of sp³-hybridized carbons (Fsp3) is 0.107. The van der Waals surface area contributed by atoms with Crippen LogP contribution in [-0.2, 0) is 17.8 Å². The van der Waals surface area contributed by atoms with Crippen molar-refractivity contribution in [3.63, 3.8) is 0 Å². The molecular formula is C28H22Cl2N6O2. The Bertz CT molecular complexity index is 1620. The van der Waals surface area contributed by atoms with Gasteiger partial charge in [0.25, 0.3) is 5.56 Å². The first-order chi connectivity index (χ1) is 18.5. The smallest absolute Gasteiger partial charge is 0.254 e. The van der Waals surface area contributed by atoms with Gasteiger partial charge in [-0.3, -0.25) is 14.2 Å². The van der Waals surface area contributed by atoms with Gasteiger partial charge in [0, 0.05) is 29.6 Å². The van der Waals surface area contributed by atoms with Crippen LogP contribution in [0.15, 0.2) is 102 Å². The van der Waals surface area contributed by atoms with Crippen LogP contribution >= 0.6 is 23.2 Å². The molecule has 0 aliphatic rings. The Morgan fingerprint density at radius 2 is 1.63 bits per heavy atom. The number of aromatic nitrogens is 5. The largest absolute Gasteiger partial charge is 0.350 e. The Morgan fingerprint density at radius 1 is 0.921 bits per heavy atom. The number of amides is 1. The summed E-state index contributed by atoms with van der Waals surface area (Å²) in [7, 11) is 0. The molecule has 0 aliphatic carbocycles. The summed E-state index contributed by atoms with van der Waals surface area (Å²) in [6.07, 6.45) is 3.26. The van der Waals surface area contributed by atoms with Crippen LogP contribution in [0, 0.1) is 0 Å². The van der Waals surface area contributed by atoms with Gasteiger partial charge in [-0.15, -0.1) is 5.10 Å². The van der Waals surface area contributed by atoms with Crippen molar-refractivity contribution < 1.29 is 4.79 Å². The molecule has 5 rings (SSSR count). The topological polar surface area (TPSA) is 94.7 Å². The number of hydrogen-bond donors (Lipinski definition) is 1. The van der Waals surface area contributed by atoms with Gasteiger partial charge < -0.3 is 5.32 Å². The second-order valence-electron chi connectivity index (χ2n) is 8.58. The molecule has 5 aromatic rings. The van der Waals surface area contributed by atoms with Crippen molar-refractivity contribution in [3.05, 3.63) is 129 Å². The molecule has 1 unspecified atom stereocenters. The maximum absolute atomic E-state index is 13.4. The number of carbonyl (C=O) groups is 1. The van der Waals surface area contributed by atoms with Crippen molar-refractivity contribution in [1.82, 2.24) is 29.9 Å². The summed E-state index contributed by atoms with van der Waals surface area (Å²) in [5.41, 5.74) is 3.04. The molecule has 1 atom stereocenters. The van der Waals surface area contributed by atoms with E-state index in [-0.39, 0.29) is 16.6 Å². The van der Waals surface area contributed by atoms with Gasteiger partial charge in [0.15, 0.2) is 5.15 Å². The third-order valence-corrected chi connectivity index (χ3v) is 6.41. The standard InChI is InChI=1S/C28H22Cl2N6O2/c29-21-11-12-24(36-17-26(30)33-34-36)22(14-21)23-15-27(37)35(18-32-23)25(13-19-7-3-1-4-8-19)28(38)31-16-20-9-5-2-6-10-20/h1-12,14-15,17-18,25H,13,16H2,(H,31,38). The first-order valence-corrected chi connectivity index (χ1v) is 12.6. The van der Waals surface area contributed by atoms with E-state index in [0.29, 0.717) is 34.9 Å². The Balaban J connectivity index is 1.49. The van der Waals surface area contributed by atoms with Crippen LogP contribution in [0.3, 0.4) is 0 Å². The molecule has 38 heavy (non-hydrogen) atoms. The number of nitrogens with one attached hydrogen (secondary N) is 1. The second-order valence-corrected chi connectivity index (χ2v) is 9.40. The van der Waals surface area contributed by atoms with Gasteiger partial charge >= 0.3 is 0 Å². The van der Waals surface area contributed by atoms with E-state index in [4.69, 9.17) is 23.2 Å². The molecule has 0 bridgehead atoms. The zero-order valence-corrected chi connectivity index (χ0v) is 21.5. The van der Waals surface area contributed by atoms with E-state index < -0.39 is 6.04 Å². The van der Waals surface area contributed by atoms with Gasteiger partial charge in [0.05, 0.1) is 23.9 Å². The first kappa shape index (κ1) is 25.4. The highest BCUT2D eigenvalue weighted by atomic mass is 35.5. The quantitative estimate of drug-likeness (QED) is 0.300. The number of benzene rings is 3. The SMILES string of the molecule is O=C(NCc1ccccc1)C(Cc1ccccc1)n1cnc(-c2cc(Cl)ccc2-n2cc(Cl)nn2)cc1=O. The summed E-state index contributed by atoms with van der Waals surface area (Å²) in [6, 6.07) is 24.9. The number of rotatable bonds is 8. The van der Waals surface area contributed by atoms with Crippen LogP contribution in [0.2, 0.25) is 10.2 Å². The van der Waals surface area contributed by atoms with Crippen molar-refractivity contribution in [2.75, 3.05) is 0 Å². The van der Waals surface area contributed by atoms with Crippen LogP contribution in [0.25, 0.3) is 16.9 Å². The highest BCUT2D eigenvalue weighted by molar-refractivity contribution is 6.31. The predicted octanol–water partition coefficient (Wildman–Crippen LogP) is 4.90. The molecule has 1 amide bonds. The van der Waals surface area contributed by atoms with Crippen molar-refractivity contribution in [2.45, 2.75) is 19.0 Å². The highest BCUT2D eigenvalue weighted by Gasteiger charge is 2.23. The van der Waals surface area contributed by atoms with E-state index in [9.17, 15) is 9.59 Å². The molecule has 0 spiro atoms. The Kier molecular flexibility index (Phi) is 7.62. The van der Waals surface area contributed by atoms with E-state index >= 15 is 0 Å². The lowest BCUT2D eigenvalue weighted by Crippen LogP contribution is -2.38. The summed E-state index contributed by atoms with van der Waals surface area (Å²) >= 11 is 12.2. The zero-order valence-electron chi connectivity index (χ0n) is 20.0. The van der Waals surface area contributed by atoms with E-state index in [2.05, 4.69) is 20.6 Å². The molecule has 3 aromatic carbocycles. The van der Waals surface area contributed by atoms with E-state index in [0.717, 1.165) is 11.1 Å². The maximum Gasteiger partial charge on any atom is 0.254 e. The third-order valence-electron chi connectivity index (χ3n) is 6.00. The minimum Gasteiger partial charge on any atom is -0.350 e. The minimum atomic E-state index is -0.803. The van der Waals surface area contributed by atoms with Gasteiger partial charge in [-0.2, -0.15) is 0 Å². The lowest BCUT2D eigenvalue weighted by molar-refractivity contribution is -0.124. The Hall–Kier alpha value is -4.27. The van der Waals surface area contributed by atoms with E-state index in [1.165, 1.54) is 21.6 Å². The number of halogens is 2. The number of nitrogens with zero attached hydrogens (tertiary/aromatic N) is 5. The Morgan fingerprint density at radius 3 is 2.29 bits per heavy atom. The zero-order chi connectivity index (χ0) is 26.5.